The molecule has 0 N–H and O–H groups in total. The maximum atomic E-state index is 12.5. The van der Waals surface area contributed by atoms with Crippen LogP contribution >= 0.6 is 11.6 Å². The Morgan fingerprint density at radius 3 is 2.47 bits per heavy atom. The van der Waals surface area contributed by atoms with Gasteiger partial charge in [-0.15, -0.1) is 0 Å². The van der Waals surface area contributed by atoms with Crippen molar-refractivity contribution in [3.05, 3.63) is 88.5 Å². The maximum Gasteiger partial charge on any atom is 0.331 e. The van der Waals surface area contributed by atoms with Crippen LogP contribution in [0.15, 0.2) is 66.7 Å². The summed E-state index contributed by atoms with van der Waals surface area (Å²) in [4.78, 5) is 12.5. The van der Waals surface area contributed by atoms with E-state index in [-0.39, 0.29) is 11.9 Å². The van der Waals surface area contributed by atoms with Crippen LogP contribution in [0.25, 0.3) is 16.7 Å². The van der Waals surface area contributed by atoms with Crippen molar-refractivity contribution in [2.45, 2.75) is 19.3 Å². The molecule has 0 spiro atoms. The highest BCUT2D eigenvalue weighted by Gasteiger charge is 2.29. The first-order valence-corrected chi connectivity index (χ1v) is 10.9. The van der Waals surface area contributed by atoms with E-state index in [0.717, 1.165) is 33.4 Å². The van der Waals surface area contributed by atoms with Crippen molar-refractivity contribution in [2.75, 3.05) is 20.8 Å². The summed E-state index contributed by atoms with van der Waals surface area (Å²) in [6.07, 6.45) is 2.18. The number of allylic oxidation sites excluding steroid dienone is 1. The summed E-state index contributed by atoms with van der Waals surface area (Å²) < 4.78 is 16.6. The lowest BCUT2D eigenvalue weighted by Crippen LogP contribution is -2.07. The Balaban J connectivity index is 2.00. The van der Waals surface area contributed by atoms with Gasteiger partial charge >= 0.3 is 5.97 Å². The molecular weight excluding hydrogens is 424 g/mol. The highest BCUT2D eigenvalue weighted by molar-refractivity contribution is 6.30. The van der Waals surface area contributed by atoms with E-state index in [1.165, 1.54) is 0 Å². The van der Waals surface area contributed by atoms with Crippen molar-refractivity contribution < 1.29 is 19.0 Å². The van der Waals surface area contributed by atoms with Crippen molar-refractivity contribution >= 4 is 23.1 Å². The zero-order chi connectivity index (χ0) is 22.7. The van der Waals surface area contributed by atoms with Gasteiger partial charge < -0.3 is 14.2 Å². The number of hydrogen-bond acceptors (Lipinski definition) is 4. The van der Waals surface area contributed by atoms with Gasteiger partial charge in [0.1, 0.15) is 0 Å². The molecule has 0 amide bonds. The van der Waals surface area contributed by atoms with E-state index in [1.54, 1.807) is 27.2 Å². The van der Waals surface area contributed by atoms with Crippen LogP contribution in [0.5, 0.6) is 11.5 Å². The monoisotopic (exact) mass is 448 g/mol. The fourth-order valence-corrected chi connectivity index (χ4v) is 4.61. The van der Waals surface area contributed by atoms with Gasteiger partial charge in [0.25, 0.3) is 0 Å². The Kier molecular flexibility index (Phi) is 6.52. The minimum atomic E-state index is -0.349. The topological polar surface area (TPSA) is 44.8 Å². The lowest BCUT2D eigenvalue weighted by Gasteiger charge is -2.23. The molecule has 0 saturated carbocycles. The molecule has 4 nitrogen and oxygen atoms in total. The number of methoxy groups -OCH3 is 2. The van der Waals surface area contributed by atoms with Crippen LogP contribution in [0.1, 0.15) is 36.0 Å². The van der Waals surface area contributed by atoms with Gasteiger partial charge in [-0.3, -0.25) is 0 Å². The zero-order valence-electron chi connectivity index (χ0n) is 18.4. The van der Waals surface area contributed by atoms with Crippen LogP contribution in [0.2, 0.25) is 5.02 Å². The van der Waals surface area contributed by atoms with Gasteiger partial charge in [0, 0.05) is 22.6 Å². The average Bonchev–Trinajstić information content (AvgIpc) is 2.93. The molecule has 5 heteroatoms. The fourth-order valence-electron chi connectivity index (χ4n) is 4.43. The molecule has 1 unspecified atom stereocenters. The van der Waals surface area contributed by atoms with Crippen LogP contribution in [0.3, 0.4) is 0 Å². The third-order valence-corrected chi connectivity index (χ3v) is 6.00. The summed E-state index contributed by atoms with van der Waals surface area (Å²) in [6.45, 7) is 2.13. The summed E-state index contributed by atoms with van der Waals surface area (Å²) in [5.74, 6) is 0.873. The molecule has 0 fully saturated rings. The minimum absolute atomic E-state index is 0.109. The molecule has 0 heterocycles. The third kappa shape index (κ3) is 4.11. The minimum Gasteiger partial charge on any atom is -0.493 e. The third-order valence-electron chi connectivity index (χ3n) is 5.76. The number of carbonyl (C=O) groups is 1. The van der Waals surface area contributed by atoms with Crippen molar-refractivity contribution in [1.29, 1.82) is 0 Å². The number of halogens is 1. The number of hydrogen-bond donors (Lipinski definition) is 0. The van der Waals surface area contributed by atoms with Crippen LogP contribution in [0, 0.1) is 0 Å². The molecule has 1 aliphatic rings. The molecule has 3 aromatic rings. The Bertz CT molecular complexity index is 1180. The van der Waals surface area contributed by atoms with Gasteiger partial charge in [0.2, 0.25) is 0 Å². The van der Waals surface area contributed by atoms with Crippen LogP contribution in [-0.2, 0) is 9.53 Å². The number of carbonyl (C=O) groups excluding carboxylic acids is 1. The summed E-state index contributed by atoms with van der Waals surface area (Å²) in [6, 6.07) is 19.9. The first-order valence-electron chi connectivity index (χ1n) is 10.5. The van der Waals surface area contributed by atoms with Gasteiger partial charge in [-0.2, -0.15) is 0 Å². The zero-order valence-corrected chi connectivity index (χ0v) is 19.1. The number of esters is 1. The molecule has 3 aromatic carbocycles. The largest absolute Gasteiger partial charge is 0.493 e. The Labute approximate surface area is 193 Å². The number of ether oxygens (including phenoxy) is 3. The van der Waals surface area contributed by atoms with Crippen molar-refractivity contribution in [3.8, 4) is 22.6 Å². The van der Waals surface area contributed by atoms with E-state index >= 15 is 0 Å². The highest BCUT2D eigenvalue weighted by atomic mass is 35.5. The number of rotatable bonds is 5. The van der Waals surface area contributed by atoms with E-state index < -0.39 is 0 Å². The van der Waals surface area contributed by atoms with Crippen molar-refractivity contribution in [3.63, 3.8) is 0 Å². The van der Waals surface area contributed by atoms with Gasteiger partial charge in [0.15, 0.2) is 11.5 Å². The Hall–Kier alpha value is -3.24. The van der Waals surface area contributed by atoms with Gasteiger partial charge in [-0.05, 0) is 59.4 Å². The van der Waals surface area contributed by atoms with E-state index in [4.69, 9.17) is 25.8 Å². The molecule has 1 atom stereocenters. The second kappa shape index (κ2) is 9.49. The maximum absolute atomic E-state index is 12.5. The molecule has 4 rings (SSSR count). The van der Waals surface area contributed by atoms with Gasteiger partial charge in [-0.25, -0.2) is 4.79 Å². The molecule has 1 aliphatic carbocycles. The lowest BCUT2D eigenvalue weighted by molar-refractivity contribution is -0.137. The second-order valence-electron chi connectivity index (χ2n) is 7.54. The molecule has 0 radical (unpaired) electrons. The molecular formula is C27H25ClO4. The summed E-state index contributed by atoms with van der Waals surface area (Å²) in [5, 5.41) is 0.658. The first kappa shape index (κ1) is 22.0. The van der Waals surface area contributed by atoms with E-state index in [1.807, 2.05) is 54.6 Å². The van der Waals surface area contributed by atoms with Crippen molar-refractivity contribution in [2.24, 2.45) is 0 Å². The van der Waals surface area contributed by atoms with E-state index in [0.29, 0.717) is 29.5 Å². The Morgan fingerprint density at radius 2 is 1.75 bits per heavy atom. The first-order chi connectivity index (χ1) is 15.6. The number of benzene rings is 3. The molecule has 0 aliphatic heterocycles. The summed E-state index contributed by atoms with van der Waals surface area (Å²) >= 11 is 6.46. The standard InChI is InChI=1S/C27H25ClO4/c1-4-32-26(29)15-17-14-23(22-10-7-11-25(30-2)27(22)31-3)24-16-18(28)12-13-21(24)20-9-6-5-8-19(17)20/h5-13,15-16,23H,4,14H2,1-3H3. The van der Waals surface area contributed by atoms with E-state index in [9.17, 15) is 4.79 Å². The number of fused-ring (bicyclic) bond motifs is 3. The normalized spacial score (nSPS) is 16.0. The fraction of sp³-hybridized carbons (Fsp3) is 0.222. The highest BCUT2D eigenvalue weighted by Crippen LogP contribution is 2.49. The predicted molar refractivity (Wildman–Crippen MR) is 128 cm³/mol. The quantitative estimate of drug-likeness (QED) is 0.330. The van der Waals surface area contributed by atoms with Crippen LogP contribution in [0.4, 0.5) is 0 Å². The molecule has 32 heavy (non-hydrogen) atoms. The molecule has 164 valence electrons. The average molecular weight is 449 g/mol. The SMILES string of the molecule is CCOC(=O)C=C1CC(c2cccc(OC)c2OC)c2cc(Cl)ccc2-c2ccccc21. The Morgan fingerprint density at radius 1 is 0.969 bits per heavy atom. The van der Waals surface area contributed by atoms with Gasteiger partial charge in [0.05, 0.1) is 20.8 Å². The summed E-state index contributed by atoms with van der Waals surface area (Å²) in [5.41, 5.74) is 6.09. The second-order valence-corrected chi connectivity index (χ2v) is 7.97. The smallest absolute Gasteiger partial charge is 0.331 e. The molecule has 0 saturated heterocycles. The lowest BCUT2D eigenvalue weighted by atomic mass is 9.84. The van der Waals surface area contributed by atoms with Crippen LogP contribution < -0.4 is 9.47 Å². The number of para-hydroxylation sites is 1. The van der Waals surface area contributed by atoms with Crippen molar-refractivity contribution in [1.82, 2.24) is 0 Å². The predicted octanol–water partition coefficient (Wildman–Crippen LogP) is 6.51. The summed E-state index contributed by atoms with van der Waals surface area (Å²) in [7, 11) is 3.27. The van der Waals surface area contributed by atoms with Crippen LogP contribution in [-0.4, -0.2) is 26.8 Å². The molecule has 0 bridgehead atoms. The van der Waals surface area contributed by atoms with E-state index in [2.05, 4.69) is 6.07 Å². The molecule has 0 aromatic heterocycles. The van der Waals surface area contributed by atoms with Gasteiger partial charge in [-0.1, -0.05) is 54.1 Å².